The molecule has 31 heavy (non-hydrogen) atoms. The lowest BCUT2D eigenvalue weighted by Gasteiger charge is -2.16. The topological polar surface area (TPSA) is 86.9 Å². The molecule has 0 aliphatic rings. The Balaban J connectivity index is 1.46. The summed E-state index contributed by atoms with van der Waals surface area (Å²) in [5, 5.41) is 7.81. The number of carbonyl (C=O) groups excluding carboxylic acids is 2. The molecule has 1 atom stereocenters. The van der Waals surface area contributed by atoms with Gasteiger partial charge in [0.1, 0.15) is 6.04 Å². The Bertz CT molecular complexity index is 1230. The summed E-state index contributed by atoms with van der Waals surface area (Å²) in [4.78, 5) is 33.2. The molecule has 0 radical (unpaired) electrons. The van der Waals surface area contributed by atoms with Gasteiger partial charge in [0.2, 0.25) is 11.8 Å². The van der Waals surface area contributed by atoms with E-state index in [0.29, 0.717) is 23.0 Å². The summed E-state index contributed by atoms with van der Waals surface area (Å²) in [5.41, 5.74) is 3.03. The van der Waals surface area contributed by atoms with Crippen LogP contribution in [0.1, 0.15) is 22.9 Å². The highest BCUT2D eigenvalue weighted by Crippen LogP contribution is 2.23. The second-order valence-electron chi connectivity index (χ2n) is 7.24. The van der Waals surface area contributed by atoms with Crippen molar-refractivity contribution in [1.82, 2.24) is 15.3 Å². The fourth-order valence-electron chi connectivity index (χ4n) is 3.46. The average Bonchev–Trinajstić information content (AvgIpc) is 3.34. The molecule has 4 aromatic rings. The molecule has 6 nitrogen and oxygen atoms in total. The van der Waals surface area contributed by atoms with Gasteiger partial charge in [0.25, 0.3) is 0 Å². The number of nitrogens with one attached hydrogen (secondary N) is 3. The summed E-state index contributed by atoms with van der Waals surface area (Å²) < 4.78 is 0. The van der Waals surface area contributed by atoms with Crippen molar-refractivity contribution < 1.29 is 9.59 Å². The maximum absolute atomic E-state index is 12.9. The van der Waals surface area contributed by atoms with E-state index in [-0.39, 0.29) is 11.8 Å². The molecule has 0 fully saturated rings. The number of benzene rings is 2. The number of aromatic amines is 1. The third kappa shape index (κ3) is 5.31. The number of hydrogen-bond acceptors (Lipinski definition) is 4. The van der Waals surface area contributed by atoms with Gasteiger partial charge >= 0.3 is 0 Å². The zero-order chi connectivity index (χ0) is 21.8. The fourth-order valence-corrected chi connectivity index (χ4v) is 4.53. The molecule has 0 bridgehead atoms. The number of halogens is 1. The molecule has 2 heterocycles. The lowest BCUT2D eigenvalue weighted by Crippen LogP contribution is -2.44. The maximum atomic E-state index is 12.9. The number of thiazole rings is 1. The van der Waals surface area contributed by atoms with Gasteiger partial charge in [-0.25, -0.2) is 4.98 Å². The minimum absolute atomic E-state index is 0.263. The average molecular weight is 453 g/mol. The third-order valence-corrected chi connectivity index (χ3v) is 5.99. The molecule has 0 saturated heterocycles. The van der Waals surface area contributed by atoms with Crippen LogP contribution in [-0.4, -0.2) is 27.8 Å². The summed E-state index contributed by atoms with van der Waals surface area (Å²) in [7, 11) is 0. The summed E-state index contributed by atoms with van der Waals surface area (Å²) in [6, 6.07) is 14.8. The van der Waals surface area contributed by atoms with Crippen molar-refractivity contribution in [2.24, 2.45) is 0 Å². The van der Waals surface area contributed by atoms with Crippen molar-refractivity contribution in [3.8, 4) is 0 Å². The first kappa shape index (κ1) is 21.1. The number of nitrogens with zero attached hydrogens (tertiary/aromatic N) is 1. The number of fused-ring (bicyclic) bond motifs is 1. The van der Waals surface area contributed by atoms with Crippen LogP contribution in [0, 0.1) is 0 Å². The van der Waals surface area contributed by atoms with Crippen molar-refractivity contribution in [2.45, 2.75) is 25.8 Å². The monoisotopic (exact) mass is 452 g/mol. The van der Waals surface area contributed by atoms with Gasteiger partial charge in [0.05, 0.1) is 0 Å². The Morgan fingerprint density at radius 3 is 2.84 bits per heavy atom. The molecule has 3 N–H and O–H groups in total. The van der Waals surface area contributed by atoms with Crippen molar-refractivity contribution in [2.75, 3.05) is 5.32 Å². The third-order valence-electron chi connectivity index (χ3n) is 4.84. The van der Waals surface area contributed by atoms with Crippen LogP contribution in [0.5, 0.6) is 0 Å². The van der Waals surface area contributed by atoms with Crippen LogP contribution < -0.4 is 10.6 Å². The summed E-state index contributed by atoms with van der Waals surface area (Å²) >= 11 is 7.45. The largest absolute Gasteiger partial charge is 0.361 e. The number of rotatable bonds is 7. The fraction of sp³-hybridized carbons (Fsp3) is 0.174. The predicted molar refractivity (Wildman–Crippen MR) is 125 cm³/mol. The molecule has 0 spiro atoms. The minimum atomic E-state index is -0.711. The molecule has 2 aromatic heterocycles. The first-order valence-corrected chi connectivity index (χ1v) is 11.0. The van der Waals surface area contributed by atoms with Crippen LogP contribution in [0.4, 0.5) is 5.13 Å². The highest BCUT2D eigenvalue weighted by Gasteiger charge is 2.22. The summed E-state index contributed by atoms with van der Waals surface area (Å²) in [6.45, 7) is 1.40. The van der Waals surface area contributed by atoms with Crippen molar-refractivity contribution in [3.05, 3.63) is 82.0 Å². The van der Waals surface area contributed by atoms with E-state index in [2.05, 4.69) is 20.6 Å². The number of carbonyl (C=O) groups is 2. The van der Waals surface area contributed by atoms with Crippen LogP contribution in [0.3, 0.4) is 0 Å². The molecule has 0 aliphatic heterocycles. The Kier molecular flexibility index (Phi) is 6.34. The van der Waals surface area contributed by atoms with Crippen molar-refractivity contribution >= 4 is 50.8 Å². The van der Waals surface area contributed by atoms with Gasteiger partial charge in [-0.2, -0.15) is 0 Å². The zero-order valence-electron chi connectivity index (χ0n) is 16.8. The molecule has 8 heteroatoms. The van der Waals surface area contributed by atoms with E-state index in [1.807, 2.05) is 54.7 Å². The van der Waals surface area contributed by atoms with E-state index in [9.17, 15) is 9.59 Å². The van der Waals surface area contributed by atoms with Crippen LogP contribution in [-0.2, 0) is 22.4 Å². The van der Waals surface area contributed by atoms with Crippen molar-refractivity contribution in [3.63, 3.8) is 0 Å². The minimum Gasteiger partial charge on any atom is -0.361 e. The maximum Gasteiger partial charge on any atom is 0.249 e. The van der Waals surface area contributed by atoms with Gasteiger partial charge in [-0.1, -0.05) is 41.9 Å². The number of H-pyrrole nitrogens is 1. The molecule has 0 unspecified atom stereocenters. The summed E-state index contributed by atoms with van der Waals surface area (Å²) in [5.74, 6) is -0.565. The Labute approximate surface area is 188 Å². The lowest BCUT2D eigenvalue weighted by molar-refractivity contribution is -0.125. The molecule has 0 saturated carbocycles. The normalized spacial score (nSPS) is 11.9. The Morgan fingerprint density at radius 1 is 1.19 bits per heavy atom. The first-order valence-electron chi connectivity index (χ1n) is 9.80. The Hall–Kier alpha value is -3.16. The van der Waals surface area contributed by atoms with Gasteiger partial charge in [0, 0.05) is 53.0 Å². The highest BCUT2D eigenvalue weighted by molar-refractivity contribution is 7.15. The molecule has 2 aromatic carbocycles. The van der Waals surface area contributed by atoms with Gasteiger partial charge in [0.15, 0.2) is 5.13 Å². The predicted octanol–water partition coefficient (Wildman–Crippen LogP) is 4.55. The zero-order valence-corrected chi connectivity index (χ0v) is 18.4. The molecular weight excluding hydrogens is 432 g/mol. The molecule has 0 aliphatic carbocycles. The lowest BCUT2D eigenvalue weighted by atomic mass is 10.0. The van der Waals surface area contributed by atoms with E-state index >= 15 is 0 Å². The van der Waals surface area contributed by atoms with Crippen LogP contribution in [0.2, 0.25) is 5.02 Å². The van der Waals surface area contributed by atoms with Crippen LogP contribution >= 0.6 is 22.9 Å². The molecular formula is C23H21ClN4O2S. The van der Waals surface area contributed by atoms with E-state index < -0.39 is 6.04 Å². The standard InChI is InChI=1S/C23H21ClN4O2S/c1-14(29)27-21(11-16-12-25-20-8-3-2-7-19(16)20)22(30)28-23-26-13-18(31-23)10-15-5-4-6-17(24)9-15/h2-9,12-13,21,25H,10-11H2,1H3,(H,27,29)(H,26,28,30)/t21-/m0/s1. The number of anilines is 1. The van der Waals surface area contributed by atoms with Gasteiger partial charge in [-0.15, -0.1) is 11.3 Å². The van der Waals surface area contributed by atoms with Crippen LogP contribution in [0.15, 0.2) is 60.9 Å². The van der Waals surface area contributed by atoms with Crippen molar-refractivity contribution in [1.29, 1.82) is 0 Å². The van der Waals surface area contributed by atoms with E-state index in [4.69, 9.17) is 11.6 Å². The first-order chi connectivity index (χ1) is 15.0. The van der Waals surface area contributed by atoms with E-state index in [0.717, 1.165) is 26.9 Å². The van der Waals surface area contributed by atoms with Gasteiger partial charge < -0.3 is 15.6 Å². The molecule has 4 rings (SSSR count). The number of hydrogen-bond donors (Lipinski definition) is 3. The van der Waals surface area contributed by atoms with Crippen LogP contribution in [0.25, 0.3) is 10.9 Å². The number of amides is 2. The highest BCUT2D eigenvalue weighted by atomic mass is 35.5. The second-order valence-corrected chi connectivity index (χ2v) is 8.80. The molecule has 158 valence electrons. The number of aromatic nitrogens is 2. The SMILES string of the molecule is CC(=O)N[C@@H](Cc1c[nH]c2ccccc12)C(=O)Nc1ncc(Cc2cccc(Cl)c2)s1. The van der Waals surface area contributed by atoms with E-state index in [1.54, 1.807) is 6.20 Å². The second kappa shape index (κ2) is 9.32. The van der Waals surface area contributed by atoms with Gasteiger partial charge in [-0.3, -0.25) is 9.59 Å². The smallest absolute Gasteiger partial charge is 0.249 e. The summed E-state index contributed by atoms with van der Waals surface area (Å²) in [6.07, 6.45) is 4.67. The van der Waals surface area contributed by atoms with Gasteiger partial charge in [-0.05, 0) is 29.3 Å². The number of para-hydroxylation sites is 1. The Morgan fingerprint density at radius 2 is 2.03 bits per heavy atom. The van der Waals surface area contributed by atoms with E-state index in [1.165, 1.54) is 18.3 Å². The quantitative estimate of drug-likeness (QED) is 0.384. The molecule has 2 amide bonds.